The first kappa shape index (κ1) is 15.4. The molecule has 0 unspecified atom stereocenters. The number of nitrogens with one attached hydrogen (secondary N) is 1. The van der Waals surface area contributed by atoms with E-state index in [0.717, 1.165) is 5.56 Å². The number of ether oxygens (including phenoxy) is 2. The first-order chi connectivity index (χ1) is 10.7. The minimum Gasteiger partial charge on any atom is -0.507 e. The molecule has 0 spiro atoms. The largest absolute Gasteiger partial charge is 0.507 e. The van der Waals surface area contributed by atoms with E-state index in [-0.39, 0.29) is 11.3 Å². The van der Waals surface area contributed by atoms with E-state index in [1.54, 1.807) is 44.6 Å². The topological polar surface area (TPSA) is 80.2 Å². The number of amides is 1. The molecule has 22 heavy (non-hydrogen) atoms. The Morgan fingerprint density at radius 1 is 1.14 bits per heavy atom. The smallest absolute Gasteiger partial charge is 0.275 e. The molecule has 2 aromatic rings. The van der Waals surface area contributed by atoms with E-state index in [2.05, 4.69) is 10.5 Å². The van der Waals surface area contributed by atoms with Gasteiger partial charge in [-0.25, -0.2) is 5.43 Å². The van der Waals surface area contributed by atoms with Gasteiger partial charge in [0, 0.05) is 0 Å². The normalized spacial score (nSPS) is 10.5. The number of para-hydroxylation sites is 1. The van der Waals surface area contributed by atoms with Crippen molar-refractivity contribution in [2.45, 2.75) is 0 Å². The predicted molar refractivity (Wildman–Crippen MR) is 82.7 cm³/mol. The Kier molecular flexibility index (Phi) is 4.98. The van der Waals surface area contributed by atoms with Gasteiger partial charge in [0.2, 0.25) is 0 Å². The second-order valence-electron chi connectivity index (χ2n) is 4.33. The highest BCUT2D eigenvalue weighted by Crippen LogP contribution is 2.26. The Morgan fingerprint density at radius 2 is 1.86 bits per heavy atom. The number of aromatic hydroxyl groups is 1. The summed E-state index contributed by atoms with van der Waals surface area (Å²) in [7, 11) is 3.09. The van der Waals surface area contributed by atoms with E-state index in [4.69, 9.17) is 9.47 Å². The molecule has 114 valence electrons. The summed E-state index contributed by atoms with van der Waals surface area (Å²) >= 11 is 0. The van der Waals surface area contributed by atoms with E-state index < -0.39 is 5.91 Å². The Labute approximate surface area is 128 Å². The summed E-state index contributed by atoms with van der Waals surface area (Å²) in [5.41, 5.74) is 3.24. The van der Waals surface area contributed by atoms with Crippen LogP contribution in [0.25, 0.3) is 0 Å². The van der Waals surface area contributed by atoms with Crippen LogP contribution < -0.4 is 14.9 Å². The van der Waals surface area contributed by atoms with E-state index in [1.807, 2.05) is 0 Å². The molecule has 0 aliphatic rings. The van der Waals surface area contributed by atoms with E-state index in [1.165, 1.54) is 18.3 Å². The van der Waals surface area contributed by atoms with Crippen LogP contribution in [0.5, 0.6) is 17.2 Å². The predicted octanol–water partition coefficient (Wildman–Crippen LogP) is 2.17. The summed E-state index contributed by atoms with van der Waals surface area (Å²) < 4.78 is 10.3. The van der Waals surface area contributed by atoms with Crippen molar-refractivity contribution in [1.82, 2.24) is 5.43 Å². The summed E-state index contributed by atoms with van der Waals surface area (Å²) in [5, 5.41) is 13.4. The molecule has 0 aromatic heterocycles. The number of benzene rings is 2. The second kappa shape index (κ2) is 7.12. The van der Waals surface area contributed by atoms with Crippen molar-refractivity contribution in [2.75, 3.05) is 14.2 Å². The molecule has 0 aliphatic heterocycles. The van der Waals surface area contributed by atoms with Gasteiger partial charge in [-0.15, -0.1) is 0 Å². The van der Waals surface area contributed by atoms with Crippen molar-refractivity contribution in [2.24, 2.45) is 5.10 Å². The SMILES string of the molecule is COc1ccc(/C=N/NC(=O)c2ccccc2O)cc1OC. The van der Waals surface area contributed by atoms with Gasteiger partial charge in [0.1, 0.15) is 5.75 Å². The number of phenolic OH excluding ortho intramolecular Hbond substituents is 1. The summed E-state index contributed by atoms with van der Waals surface area (Å²) in [6.45, 7) is 0. The van der Waals surface area contributed by atoms with Crippen LogP contribution in [0, 0.1) is 0 Å². The maximum Gasteiger partial charge on any atom is 0.275 e. The molecule has 0 saturated carbocycles. The summed E-state index contributed by atoms with van der Waals surface area (Å²) in [6, 6.07) is 11.5. The van der Waals surface area contributed by atoms with E-state index in [9.17, 15) is 9.90 Å². The van der Waals surface area contributed by atoms with E-state index in [0.29, 0.717) is 11.5 Å². The quantitative estimate of drug-likeness (QED) is 0.655. The second-order valence-corrected chi connectivity index (χ2v) is 4.33. The first-order valence-electron chi connectivity index (χ1n) is 6.49. The molecule has 0 heterocycles. The third kappa shape index (κ3) is 3.54. The molecule has 6 heteroatoms. The fraction of sp³-hybridized carbons (Fsp3) is 0.125. The maximum absolute atomic E-state index is 11.8. The number of phenols is 1. The minimum absolute atomic E-state index is 0.0960. The zero-order valence-corrected chi connectivity index (χ0v) is 12.2. The van der Waals surface area contributed by atoms with Crippen molar-refractivity contribution < 1.29 is 19.4 Å². The van der Waals surface area contributed by atoms with Crippen molar-refractivity contribution in [3.8, 4) is 17.2 Å². The Hall–Kier alpha value is -3.02. The lowest BCUT2D eigenvalue weighted by atomic mass is 10.2. The highest BCUT2D eigenvalue weighted by atomic mass is 16.5. The lowest BCUT2D eigenvalue weighted by Gasteiger charge is -2.07. The maximum atomic E-state index is 11.8. The summed E-state index contributed by atoms with van der Waals surface area (Å²) in [4.78, 5) is 11.8. The molecule has 6 nitrogen and oxygen atoms in total. The average molecular weight is 300 g/mol. The van der Waals surface area contributed by atoms with Crippen LogP contribution in [0.3, 0.4) is 0 Å². The number of nitrogens with zero attached hydrogens (tertiary/aromatic N) is 1. The lowest BCUT2D eigenvalue weighted by Crippen LogP contribution is -2.17. The van der Waals surface area contributed by atoms with Crippen LogP contribution in [0.2, 0.25) is 0 Å². The molecule has 0 saturated heterocycles. The van der Waals surface area contributed by atoms with Gasteiger partial charge < -0.3 is 14.6 Å². The van der Waals surface area contributed by atoms with Crippen LogP contribution in [-0.4, -0.2) is 31.4 Å². The fourth-order valence-electron chi connectivity index (χ4n) is 1.82. The number of rotatable bonds is 5. The molecule has 0 fully saturated rings. The van der Waals surface area contributed by atoms with Crippen LogP contribution >= 0.6 is 0 Å². The fourth-order valence-corrected chi connectivity index (χ4v) is 1.82. The average Bonchev–Trinajstić information content (AvgIpc) is 2.55. The molecule has 2 N–H and O–H groups in total. The monoisotopic (exact) mass is 300 g/mol. The summed E-state index contributed by atoms with van der Waals surface area (Å²) in [5.74, 6) is 0.590. The van der Waals surface area contributed by atoms with Crippen LogP contribution in [0.1, 0.15) is 15.9 Å². The van der Waals surface area contributed by atoms with E-state index >= 15 is 0 Å². The standard InChI is InChI=1S/C16H16N2O4/c1-21-14-8-7-11(9-15(14)22-2)10-17-18-16(20)12-5-3-4-6-13(12)19/h3-10,19H,1-2H3,(H,18,20)/b17-10+. The lowest BCUT2D eigenvalue weighted by molar-refractivity contribution is 0.0952. The highest BCUT2D eigenvalue weighted by Gasteiger charge is 2.08. The van der Waals surface area contributed by atoms with Gasteiger partial charge in [0.15, 0.2) is 11.5 Å². The van der Waals surface area contributed by atoms with Crippen LogP contribution in [-0.2, 0) is 0 Å². The number of hydrogen-bond acceptors (Lipinski definition) is 5. The third-order valence-corrected chi connectivity index (χ3v) is 2.94. The molecular weight excluding hydrogens is 284 g/mol. The van der Waals surface area contributed by atoms with Crippen molar-refractivity contribution >= 4 is 12.1 Å². The van der Waals surface area contributed by atoms with Crippen molar-refractivity contribution in [3.63, 3.8) is 0 Å². The zero-order valence-electron chi connectivity index (χ0n) is 12.2. The zero-order chi connectivity index (χ0) is 15.9. The Balaban J connectivity index is 2.07. The molecule has 1 amide bonds. The molecule has 0 aliphatic carbocycles. The molecule has 2 rings (SSSR count). The van der Waals surface area contributed by atoms with Gasteiger partial charge in [-0.2, -0.15) is 5.10 Å². The van der Waals surface area contributed by atoms with Gasteiger partial charge in [-0.05, 0) is 35.9 Å². The van der Waals surface area contributed by atoms with Gasteiger partial charge in [0.05, 0.1) is 26.0 Å². The van der Waals surface area contributed by atoms with Gasteiger partial charge in [-0.1, -0.05) is 12.1 Å². The number of carbonyl (C=O) groups excluding carboxylic acids is 1. The highest BCUT2D eigenvalue weighted by molar-refractivity contribution is 5.97. The Bertz CT molecular complexity index is 698. The summed E-state index contributed by atoms with van der Waals surface area (Å²) in [6.07, 6.45) is 1.47. The van der Waals surface area contributed by atoms with Gasteiger partial charge in [-0.3, -0.25) is 4.79 Å². The van der Waals surface area contributed by atoms with Crippen LogP contribution in [0.4, 0.5) is 0 Å². The minimum atomic E-state index is -0.491. The van der Waals surface area contributed by atoms with Crippen LogP contribution in [0.15, 0.2) is 47.6 Å². The molecule has 2 aromatic carbocycles. The molecule has 0 atom stereocenters. The number of hydrazone groups is 1. The van der Waals surface area contributed by atoms with Gasteiger partial charge in [0.25, 0.3) is 5.91 Å². The molecule has 0 radical (unpaired) electrons. The van der Waals surface area contributed by atoms with Crippen molar-refractivity contribution in [1.29, 1.82) is 0 Å². The molecular formula is C16H16N2O4. The number of hydrogen-bond donors (Lipinski definition) is 2. The number of carbonyl (C=O) groups is 1. The first-order valence-corrected chi connectivity index (χ1v) is 6.49. The number of methoxy groups -OCH3 is 2. The van der Waals surface area contributed by atoms with Crippen molar-refractivity contribution in [3.05, 3.63) is 53.6 Å². The molecule has 0 bridgehead atoms. The Morgan fingerprint density at radius 3 is 2.55 bits per heavy atom. The third-order valence-electron chi connectivity index (χ3n) is 2.94. The van der Waals surface area contributed by atoms with Gasteiger partial charge >= 0.3 is 0 Å².